The van der Waals surface area contributed by atoms with Gasteiger partial charge in [-0.25, -0.2) is 8.78 Å². The summed E-state index contributed by atoms with van der Waals surface area (Å²) in [6, 6.07) is 3.02. The van der Waals surface area contributed by atoms with Crippen LogP contribution in [0.25, 0.3) is 0 Å². The van der Waals surface area contributed by atoms with Crippen molar-refractivity contribution in [2.24, 2.45) is 11.8 Å². The summed E-state index contributed by atoms with van der Waals surface area (Å²) in [7, 11) is 0. The summed E-state index contributed by atoms with van der Waals surface area (Å²) in [6.07, 6.45) is 4.72. The predicted octanol–water partition coefficient (Wildman–Crippen LogP) is 5.20. The van der Waals surface area contributed by atoms with Crippen molar-refractivity contribution in [3.8, 4) is 0 Å². The largest absolute Gasteiger partial charge is 0.310 e. The van der Waals surface area contributed by atoms with Gasteiger partial charge in [-0.1, -0.05) is 32.8 Å². The molecule has 4 heteroatoms. The van der Waals surface area contributed by atoms with Crippen LogP contribution in [-0.4, -0.2) is 6.54 Å². The number of benzene rings is 1. The van der Waals surface area contributed by atoms with Gasteiger partial charge in [-0.3, -0.25) is 0 Å². The highest BCUT2D eigenvalue weighted by atomic mass is 79.9. The van der Waals surface area contributed by atoms with Crippen LogP contribution in [0, 0.1) is 23.5 Å². The maximum Gasteiger partial charge on any atom is 0.173 e. The Labute approximate surface area is 128 Å². The van der Waals surface area contributed by atoms with E-state index in [4.69, 9.17) is 0 Å². The molecule has 20 heavy (non-hydrogen) atoms. The molecule has 112 valence electrons. The van der Waals surface area contributed by atoms with Crippen molar-refractivity contribution in [3.05, 3.63) is 33.8 Å². The molecule has 0 aromatic heterocycles. The molecule has 0 saturated heterocycles. The second-order valence-corrected chi connectivity index (χ2v) is 6.61. The van der Waals surface area contributed by atoms with E-state index in [1.165, 1.54) is 18.9 Å². The molecular formula is C16H22BrF2N. The first kappa shape index (κ1) is 15.9. The molecule has 0 bridgehead atoms. The van der Waals surface area contributed by atoms with Gasteiger partial charge in [0.15, 0.2) is 11.6 Å². The van der Waals surface area contributed by atoms with Crippen LogP contribution in [-0.2, 0) is 0 Å². The zero-order chi connectivity index (χ0) is 14.7. The molecule has 1 aliphatic rings. The van der Waals surface area contributed by atoms with E-state index in [-0.39, 0.29) is 10.5 Å². The highest BCUT2D eigenvalue weighted by molar-refractivity contribution is 9.10. The number of halogens is 3. The van der Waals surface area contributed by atoms with Crippen LogP contribution >= 0.6 is 15.9 Å². The third-order valence-corrected chi connectivity index (χ3v) is 5.16. The summed E-state index contributed by atoms with van der Waals surface area (Å²) < 4.78 is 27.3. The van der Waals surface area contributed by atoms with E-state index in [1.807, 2.05) is 6.92 Å². The summed E-state index contributed by atoms with van der Waals surface area (Å²) in [4.78, 5) is 0. The van der Waals surface area contributed by atoms with Crippen molar-refractivity contribution in [1.29, 1.82) is 0 Å². The van der Waals surface area contributed by atoms with Crippen LogP contribution in [0.2, 0.25) is 0 Å². The fraction of sp³-hybridized carbons (Fsp3) is 0.625. The quantitative estimate of drug-likeness (QED) is 0.739. The molecule has 1 unspecified atom stereocenters. The van der Waals surface area contributed by atoms with Gasteiger partial charge in [0.05, 0.1) is 4.47 Å². The molecule has 0 spiro atoms. The number of hydrogen-bond donors (Lipinski definition) is 1. The minimum atomic E-state index is -0.798. The molecule has 0 radical (unpaired) electrons. The van der Waals surface area contributed by atoms with Gasteiger partial charge >= 0.3 is 0 Å². The van der Waals surface area contributed by atoms with Crippen molar-refractivity contribution in [2.75, 3.05) is 6.54 Å². The molecule has 1 saturated carbocycles. The third-order valence-electron chi connectivity index (χ3n) is 4.36. The van der Waals surface area contributed by atoms with E-state index >= 15 is 0 Å². The molecule has 0 aliphatic heterocycles. The standard InChI is InChI=1S/C16H22BrF2N/c1-3-20-16(11-6-4-10(2)5-7-11)12-8-9-13(18)15(19)14(12)17/h8-11,16,20H,3-7H2,1-2H3. The van der Waals surface area contributed by atoms with Gasteiger partial charge in [-0.15, -0.1) is 0 Å². The van der Waals surface area contributed by atoms with Crippen LogP contribution < -0.4 is 5.32 Å². The Morgan fingerprint density at radius 1 is 1.25 bits per heavy atom. The molecule has 1 N–H and O–H groups in total. The second kappa shape index (κ2) is 6.99. The van der Waals surface area contributed by atoms with Crippen LogP contribution in [0.15, 0.2) is 16.6 Å². The maximum atomic E-state index is 13.8. The summed E-state index contributed by atoms with van der Waals surface area (Å²) in [5, 5.41) is 3.45. The Hall–Kier alpha value is -0.480. The van der Waals surface area contributed by atoms with Crippen molar-refractivity contribution in [1.82, 2.24) is 5.32 Å². The number of nitrogens with one attached hydrogen (secondary N) is 1. The van der Waals surface area contributed by atoms with Crippen LogP contribution in [0.1, 0.15) is 51.1 Å². The number of hydrogen-bond acceptors (Lipinski definition) is 1. The Bertz CT molecular complexity index is 456. The first-order valence-electron chi connectivity index (χ1n) is 7.41. The van der Waals surface area contributed by atoms with Gasteiger partial charge in [-0.2, -0.15) is 0 Å². The van der Waals surface area contributed by atoms with E-state index in [1.54, 1.807) is 6.07 Å². The number of rotatable bonds is 4. The summed E-state index contributed by atoms with van der Waals surface area (Å²) in [5.41, 5.74) is 0.838. The van der Waals surface area contributed by atoms with Gasteiger partial charge in [0.25, 0.3) is 0 Å². The van der Waals surface area contributed by atoms with E-state index in [0.717, 1.165) is 30.9 Å². The lowest BCUT2D eigenvalue weighted by Crippen LogP contribution is -2.31. The van der Waals surface area contributed by atoms with Crippen molar-refractivity contribution in [3.63, 3.8) is 0 Å². The minimum Gasteiger partial charge on any atom is -0.310 e. The Morgan fingerprint density at radius 2 is 1.90 bits per heavy atom. The second-order valence-electron chi connectivity index (χ2n) is 5.82. The molecule has 2 rings (SSSR count). The lowest BCUT2D eigenvalue weighted by molar-refractivity contribution is 0.232. The molecule has 1 aromatic carbocycles. The SMILES string of the molecule is CCNC(c1ccc(F)c(F)c1Br)C1CCC(C)CC1. The topological polar surface area (TPSA) is 12.0 Å². The van der Waals surface area contributed by atoms with Crippen LogP contribution in [0.4, 0.5) is 8.78 Å². The normalized spacial score (nSPS) is 24.6. The highest BCUT2D eigenvalue weighted by Gasteiger charge is 2.29. The summed E-state index contributed by atoms with van der Waals surface area (Å²) >= 11 is 3.23. The van der Waals surface area contributed by atoms with Gasteiger partial charge in [0.2, 0.25) is 0 Å². The van der Waals surface area contributed by atoms with Gasteiger partial charge in [-0.05, 0) is 58.8 Å². The van der Waals surface area contributed by atoms with Crippen molar-refractivity contribution < 1.29 is 8.78 Å². The Morgan fingerprint density at radius 3 is 2.50 bits per heavy atom. The first-order chi connectivity index (χ1) is 9.54. The fourth-order valence-corrected chi connectivity index (χ4v) is 3.72. The van der Waals surface area contributed by atoms with Crippen molar-refractivity contribution >= 4 is 15.9 Å². The average Bonchev–Trinajstić information content (AvgIpc) is 2.44. The van der Waals surface area contributed by atoms with Crippen LogP contribution in [0.3, 0.4) is 0 Å². The van der Waals surface area contributed by atoms with E-state index < -0.39 is 11.6 Å². The van der Waals surface area contributed by atoms with Crippen LogP contribution in [0.5, 0.6) is 0 Å². The highest BCUT2D eigenvalue weighted by Crippen LogP contribution is 2.39. The molecule has 1 atom stereocenters. The lowest BCUT2D eigenvalue weighted by atomic mass is 9.77. The molecule has 1 aromatic rings. The molecule has 1 fully saturated rings. The van der Waals surface area contributed by atoms with E-state index in [0.29, 0.717) is 5.92 Å². The zero-order valence-electron chi connectivity index (χ0n) is 12.1. The molecule has 0 amide bonds. The molecule has 1 aliphatic carbocycles. The zero-order valence-corrected chi connectivity index (χ0v) is 13.6. The van der Waals surface area contributed by atoms with Crippen molar-refractivity contribution in [2.45, 2.75) is 45.6 Å². The lowest BCUT2D eigenvalue weighted by Gasteiger charge is -2.34. The monoisotopic (exact) mass is 345 g/mol. The van der Waals surface area contributed by atoms with Gasteiger partial charge < -0.3 is 5.32 Å². The molecule has 1 nitrogen and oxygen atoms in total. The third kappa shape index (κ3) is 3.40. The molecular weight excluding hydrogens is 324 g/mol. The Kier molecular flexibility index (Phi) is 5.56. The molecule has 0 heterocycles. The summed E-state index contributed by atoms with van der Waals surface area (Å²) in [6.45, 7) is 5.15. The van der Waals surface area contributed by atoms with Gasteiger partial charge in [0, 0.05) is 6.04 Å². The first-order valence-corrected chi connectivity index (χ1v) is 8.20. The van der Waals surface area contributed by atoms with E-state index in [2.05, 4.69) is 28.2 Å². The smallest absolute Gasteiger partial charge is 0.173 e. The predicted molar refractivity (Wildman–Crippen MR) is 81.6 cm³/mol. The van der Waals surface area contributed by atoms with Gasteiger partial charge in [0.1, 0.15) is 0 Å². The summed E-state index contributed by atoms with van der Waals surface area (Å²) in [5.74, 6) is -0.308. The Balaban J connectivity index is 2.26. The van der Waals surface area contributed by atoms with E-state index in [9.17, 15) is 8.78 Å². The average molecular weight is 346 g/mol. The fourth-order valence-electron chi connectivity index (χ4n) is 3.15. The maximum absolute atomic E-state index is 13.8. The minimum absolute atomic E-state index is 0.0944.